The van der Waals surface area contributed by atoms with Crippen LogP contribution in [-0.2, 0) is 4.79 Å². The van der Waals surface area contributed by atoms with Crippen molar-refractivity contribution in [3.63, 3.8) is 0 Å². The van der Waals surface area contributed by atoms with E-state index in [2.05, 4.69) is 20.9 Å². The highest BCUT2D eigenvalue weighted by Crippen LogP contribution is 2.37. The van der Waals surface area contributed by atoms with E-state index >= 15 is 0 Å². The van der Waals surface area contributed by atoms with Gasteiger partial charge in [0.25, 0.3) is 0 Å². The summed E-state index contributed by atoms with van der Waals surface area (Å²) in [6.45, 7) is 4.62. The van der Waals surface area contributed by atoms with Gasteiger partial charge in [0, 0.05) is 32.1 Å². The van der Waals surface area contributed by atoms with Crippen LogP contribution in [0.2, 0.25) is 0 Å². The highest BCUT2D eigenvalue weighted by Gasteiger charge is 2.41. The van der Waals surface area contributed by atoms with Gasteiger partial charge in [-0.3, -0.25) is 9.79 Å². The fourth-order valence-electron chi connectivity index (χ4n) is 2.52. The molecular formula is C15H28F3IN4O. The largest absolute Gasteiger partial charge is 0.391 e. The molecule has 5 nitrogen and oxygen atoms in total. The van der Waals surface area contributed by atoms with Gasteiger partial charge in [0.05, 0.1) is 5.92 Å². The van der Waals surface area contributed by atoms with E-state index in [0.29, 0.717) is 31.9 Å². The van der Waals surface area contributed by atoms with Gasteiger partial charge in [-0.05, 0) is 25.7 Å². The third-order valence-corrected chi connectivity index (χ3v) is 4.00. The number of nitrogens with zero attached hydrogens (tertiary/aromatic N) is 1. The van der Waals surface area contributed by atoms with Crippen LogP contribution in [0.15, 0.2) is 4.99 Å². The molecule has 1 amide bonds. The Morgan fingerprint density at radius 1 is 1.12 bits per heavy atom. The van der Waals surface area contributed by atoms with Crippen molar-refractivity contribution >= 4 is 35.8 Å². The van der Waals surface area contributed by atoms with Crippen LogP contribution in [0.5, 0.6) is 0 Å². The average Bonchev–Trinajstić information content (AvgIpc) is 2.49. The van der Waals surface area contributed by atoms with Crippen LogP contribution in [0.3, 0.4) is 0 Å². The Bertz CT molecular complexity index is 408. The quantitative estimate of drug-likeness (QED) is 0.254. The Balaban J connectivity index is 0.00000529. The molecule has 1 fully saturated rings. The zero-order chi connectivity index (χ0) is 17.5. The Hall–Kier alpha value is -0.740. The number of nitrogens with one attached hydrogen (secondary N) is 3. The monoisotopic (exact) mass is 464 g/mol. The van der Waals surface area contributed by atoms with Gasteiger partial charge in [0.1, 0.15) is 0 Å². The fourth-order valence-corrected chi connectivity index (χ4v) is 2.52. The van der Waals surface area contributed by atoms with Gasteiger partial charge in [-0.25, -0.2) is 0 Å². The van der Waals surface area contributed by atoms with Gasteiger partial charge in [-0.15, -0.1) is 24.0 Å². The highest BCUT2D eigenvalue weighted by atomic mass is 127. The van der Waals surface area contributed by atoms with Crippen molar-refractivity contribution in [1.82, 2.24) is 16.0 Å². The molecule has 0 aliphatic heterocycles. The lowest BCUT2D eigenvalue weighted by atomic mass is 9.85. The van der Waals surface area contributed by atoms with Crippen molar-refractivity contribution in [2.24, 2.45) is 16.8 Å². The van der Waals surface area contributed by atoms with Gasteiger partial charge >= 0.3 is 6.18 Å². The summed E-state index contributed by atoms with van der Waals surface area (Å²) in [7, 11) is 1.61. The van der Waals surface area contributed by atoms with Crippen LogP contribution < -0.4 is 16.0 Å². The minimum Gasteiger partial charge on any atom is -0.355 e. The van der Waals surface area contributed by atoms with E-state index in [1.54, 1.807) is 7.05 Å². The number of alkyl halides is 3. The number of carbonyl (C=O) groups is 1. The summed E-state index contributed by atoms with van der Waals surface area (Å²) in [4.78, 5) is 15.5. The Kier molecular flexibility index (Phi) is 10.6. The number of hydrogen-bond donors (Lipinski definition) is 3. The third-order valence-electron chi connectivity index (χ3n) is 4.00. The molecule has 1 aliphatic carbocycles. The minimum absolute atomic E-state index is 0. The lowest BCUT2D eigenvalue weighted by Gasteiger charge is -2.31. The number of carbonyl (C=O) groups excluding carboxylic acids is 1. The molecule has 24 heavy (non-hydrogen) atoms. The number of hydrogen-bond acceptors (Lipinski definition) is 2. The van der Waals surface area contributed by atoms with E-state index < -0.39 is 12.1 Å². The van der Waals surface area contributed by atoms with Crippen molar-refractivity contribution < 1.29 is 18.0 Å². The molecule has 0 aromatic carbocycles. The van der Waals surface area contributed by atoms with E-state index in [9.17, 15) is 18.0 Å². The molecule has 0 heterocycles. The van der Waals surface area contributed by atoms with Crippen molar-refractivity contribution in [3.8, 4) is 0 Å². The van der Waals surface area contributed by atoms with Gasteiger partial charge < -0.3 is 16.0 Å². The van der Waals surface area contributed by atoms with Gasteiger partial charge in [0.15, 0.2) is 5.96 Å². The number of aliphatic imine (C=N–C) groups is 1. The smallest absolute Gasteiger partial charge is 0.355 e. The lowest BCUT2D eigenvalue weighted by Crippen LogP contribution is -2.47. The molecule has 0 saturated heterocycles. The van der Waals surface area contributed by atoms with Crippen LogP contribution in [0.1, 0.15) is 39.5 Å². The molecule has 0 bridgehead atoms. The molecule has 1 saturated carbocycles. The first-order valence-electron chi connectivity index (χ1n) is 8.05. The molecule has 0 aromatic rings. The number of rotatable bonds is 5. The van der Waals surface area contributed by atoms with E-state index in [-0.39, 0.29) is 54.7 Å². The van der Waals surface area contributed by atoms with Crippen LogP contribution in [0, 0.1) is 11.8 Å². The van der Waals surface area contributed by atoms with E-state index in [1.165, 1.54) is 0 Å². The maximum atomic E-state index is 12.6. The standard InChI is InChI=1S/C15H27F3N4O.HI/c1-10(2)13(23)20-8-9-21-14(19-3)22-12-6-4-11(5-7-12)15(16,17)18;/h10-12H,4-9H2,1-3H3,(H,20,23)(H2,19,21,22);1H. The molecule has 1 rings (SSSR count). The molecule has 0 spiro atoms. The summed E-state index contributed by atoms with van der Waals surface area (Å²) in [5.74, 6) is -0.697. The summed E-state index contributed by atoms with van der Waals surface area (Å²) in [6.07, 6.45) is -2.81. The summed E-state index contributed by atoms with van der Waals surface area (Å²) < 4.78 is 37.9. The summed E-state index contributed by atoms with van der Waals surface area (Å²) in [5.41, 5.74) is 0. The first-order valence-corrected chi connectivity index (χ1v) is 8.05. The third kappa shape index (κ3) is 8.39. The maximum Gasteiger partial charge on any atom is 0.391 e. The second-order valence-electron chi connectivity index (χ2n) is 6.18. The predicted molar refractivity (Wildman–Crippen MR) is 99.6 cm³/mol. The number of guanidine groups is 1. The topological polar surface area (TPSA) is 65.5 Å². The van der Waals surface area contributed by atoms with Crippen molar-refractivity contribution in [2.75, 3.05) is 20.1 Å². The van der Waals surface area contributed by atoms with Gasteiger partial charge in [-0.1, -0.05) is 13.8 Å². The molecule has 0 unspecified atom stereocenters. The number of halogens is 4. The first-order chi connectivity index (χ1) is 10.7. The molecular weight excluding hydrogens is 436 g/mol. The van der Waals surface area contributed by atoms with Gasteiger partial charge in [-0.2, -0.15) is 13.2 Å². The Labute approximate surface area is 158 Å². The first kappa shape index (κ1) is 23.3. The summed E-state index contributed by atoms with van der Waals surface area (Å²) >= 11 is 0. The SMILES string of the molecule is CN=C(NCCNC(=O)C(C)C)NC1CCC(C(F)(F)F)CC1.I. The predicted octanol–water partition coefficient (Wildman–Crippen LogP) is 2.66. The fraction of sp³-hybridized carbons (Fsp3) is 0.867. The van der Waals surface area contributed by atoms with E-state index in [1.807, 2.05) is 13.8 Å². The summed E-state index contributed by atoms with van der Waals surface area (Å²) in [6, 6.07) is 0.00468. The zero-order valence-corrected chi connectivity index (χ0v) is 16.7. The maximum absolute atomic E-state index is 12.6. The summed E-state index contributed by atoms with van der Waals surface area (Å²) in [5, 5.41) is 8.98. The normalized spacial score (nSPS) is 21.9. The Morgan fingerprint density at radius 3 is 2.12 bits per heavy atom. The van der Waals surface area contributed by atoms with E-state index in [0.717, 1.165) is 0 Å². The Morgan fingerprint density at radius 2 is 1.67 bits per heavy atom. The molecule has 0 aromatic heterocycles. The molecule has 0 atom stereocenters. The van der Waals surface area contributed by atoms with Crippen LogP contribution in [0.25, 0.3) is 0 Å². The average molecular weight is 464 g/mol. The second kappa shape index (κ2) is 11.0. The van der Waals surface area contributed by atoms with Crippen molar-refractivity contribution in [1.29, 1.82) is 0 Å². The van der Waals surface area contributed by atoms with Gasteiger partial charge in [0.2, 0.25) is 5.91 Å². The molecule has 0 radical (unpaired) electrons. The van der Waals surface area contributed by atoms with Crippen LogP contribution in [-0.4, -0.2) is 44.2 Å². The number of amides is 1. The minimum atomic E-state index is -4.08. The van der Waals surface area contributed by atoms with E-state index in [4.69, 9.17) is 0 Å². The van der Waals surface area contributed by atoms with Crippen molar-refractivity contribution in [3.05, 3.63) is 0 Å². The van der Waals surface area contributed by atoms with Crippen LogP contribution in [0.4, 0.5) is 13.2 Å². The second-order valence-corrected chi connectivity index (χ2v) is 6.18. The van der Waals surface area contributed by atoms with Crippen LogP contribution >= 0.6 is 24.0 Å². The molecule has 1 aliphatic rings. The highest BCUT2D eigenvalue weighted by molar-refractivity contribution is 14.0. The molecule has 3 N–H and O–H groups in total. The molecule has 9 heteroatoms. The zero-order valence-electron chi connectivity index (χ0n) is 14.4. The molecule has 142 valence electrons. The van der Waals surface area contributed by atoms with Crippen molar-refractivity contribution in [2.45, 2.75) is 51.7 Å². The lowest BCUT2D eigenvalue weighted by molar-refractivity contribution is -0.182.